The van der Waals surface area contributed by atoms with Gasteiger partial charge in [-0.1, -0.05) is 24.3 Å². The lowest BCUT2D eigenvalue weighted by Crippen LogP contribution is -2.47. The summed E-state index contributed by atoms with van der Waals surface area (Å²) in [7, 11) is 0. The number of nitrogens with zero attached hydrogens (tertiary/aromatic N) is 1. The molecule has 2 amide bonds. The van der Waals surface area contributed by atoms with Crippen molar-refractivity contribution in [2.24, 2.45) is 0 Å². The Morgan fingerprint density at radius 1 is 1.29 bits per heavy atom. The maximum atomic E-state index is 12.3. The van der Waals surface area contributed by atoms with Crippen LogP contribution in [0.4, 0.5) is 4.79 Å². The van der Waals surface area contributed by atoms with E-state index < -0.39 is 24.3 Å². The summed E-state index contributed by atoms with van der Waals surface area (Å²) >= 11 is 0. The van der Waals surface area contributed by atoms with E-state index >= 15 is 0 Å². The second-order valence-corrected chi connectivity index (χ2v) is 5.59. The summed E-state index contributed by atoms with van der Waals surface area (Å²) in [5.41, 5.74) is 1.94. The van der Waals surface area contributed by atoms with E-state index in [1.807, 2.05) is 24.3 Å². The molecule has 6 heteroatoms. The minimum Gasteiger partial charge on any atom is -0.465 e. The molecule has 6 nitrogen and oxygen atoms in total. The van der Waals surface area contributed by atoms with Gasteiger partial charge in [0.15, 0.2) is 0 Å². The lowest BCUT2D eigenvalue weighted by Gasteiger charge is -2.24. The highest BCUT2D eigenvalue weighted by molar-refractivity contribution is 5.86. The molecule has 1 aliphatic carbocycles. The van der Waals surface area contributed by atoms with Crippen LogP contribution in [-0.2, 0) is 11.2 Å². The van der Waals surface area contributed by atoms with Gasteiger partial charge in [0.05, 0.1) is 12.1 Å². The quantitative estimate of drug-likeness (QED) is 0.755. The fourth-order valence-electron chi connectivity index (χ4n) is 3.27. The van der Waals surface area contributed by atoms with Crippen LogP contribution in [0, 0.1) is 0 Å². The average Bonchev–Trinajstić information content (AvgIpc) is 3.04. The van der Waals surface area contributed by atoms with E-state index in [1.165, 1.54) is 4.90 Å². The van der Waals surface area contributed by atoms with Crippen LogP contribution >= 0.6 is 0 Å². The predicted octanol–water partition coefficient (Wildman–Crippen LogP) is 0.903. The minimum atomic E-state index is -1.07. The first-order chi connectivity index (χ1) is 10.1. The predicted molar refractivity (Wildman–Crippen MR) is 74.8 cm³/mol. The third-order valence-corrected chi connectivity index (χ3v) is 4.30. The van der Waals surface area contributed by atoms with Gasteiger partial charge in [0.25, 0.3) is 0 Å². The van der Waals surface area contributed by atoms with Gasteiger partial charge in [0.1, 0.15) is 6.04 Å². The van der Waals surface area contributed by atoms with E-state index in [2.05, 4.69) is 5.32 Å². The molecular weight excluding hydrogens is 272 g/mol. The first-order valence-corrected chi connectivity index (χ1v) is 7.13. The molecule has 3 atom stereocenters. The number of carboxylic acid groups (broad SMARTS) is 1. The number of hydrogen-bond acceptors (Lipinski definition) is 3. The zero-order valence-electron chi connectivity index (χ0n) is 11.5. The molecule has 2 aliphatic rings. The molecule has 0 aromatic heterocycles. The Labute approximate surface area is 122 Å². The number of fused-ring (bicyclic) bond motifs is 1. The van der Waals surface area contributed by atoms with Gasteiger partial charge >= 0.3 is 6.09 Å². The van der Waals surface area contributed by atoms with Crippen LogP contribution < -0.4 is 5.32 Å². The van der Waals surface area contributed by atoms with Gasteiger partial charge in [-0.25, -0.2) is 4.79 Å². The van der Waals surface area contributed by atoms with Crippen molar-refractivity contribution in [3.05, 3.63) is 35.4 Å². The summed E-state index contributed by atoms with van der Waals surface area (Å²) in [4.78, 5) is 24.6. The first-order valence-electron chi connectivity index (χ1n) is 7.13. The second-order valence-electron chi connectivity index (χ2n) is 5.59. The standard InChI is InChI=1S/C15H18N2O4/c18-12-8-9-4-1-2-5-10(9)13(12)16-14(19)11-6-3-7-17(11)15(20)21/h1-2,4-5,11-13,18H,3,6-8H2,(H,16,19)(H,20,21)/t11-,12+,13-/m0/s1. The normalized spacial score (nSPS) is 27.5. The molecule has 112 valence electrons. The molecule has 0 unspecified atom stereocenters. The maximum absolute atomic E-state index is 12.3. The summed E-state index contributed by atoms with van der Waals surface area (Å²) in [6.07, 6.45) is -0.00311. The molecule has 0 spiro atoms. The van der Waals surface area contributed by atoms with E-state index in [-0.39, 0.29) is 5.91 Å². The molecule has 0 radical (unpaired) electrons. The Kier molecular flexibility index (Phi) is 3.55. The van der Waals surface area contributed by atoms with Gasteiger partial charge in [0, 0.05) is 13.0 Å². The van der Waals surface area contributed by atoms with Gasteiger partial charge in [-0.05, 0) is 24.0 Å². The van der Waals surface area contributed by atoms with Crippen LogP contribution in [0.15, 0.2) is 24.3 Å². The van der Waals surface area contributed by atoms with Crippen LogP contribution in [-0.4, -0.2) is 45.8 Å². The van der Waals surface area contributed by atoms with Crippen LogP contribution in [0.1, 0.15) is 30.0 Å². The molecule has 0 saturated carbocycles. The number of amides is 2. The van der Waals surface area contributed by atoms with E-state index in [0.29, 0.717) is 25.8 Å². The lowest BCUT2D eigenvalue weighted by molar-refractivity contribution is -0.126. The smallest absolute Gasteiger partial charge is 0.407 e. The molecule has 3 rings (SSSR count). The van der Waals surface area contributed by atoms with E-state index in [1.54, 1.807) is 0 Å². The van der Waals surface area contributed by atoms with E-state index in [9.17, 15) is 14.7 Å². The Bertz CT molecular complexity index is 575. The average molecular weight is 290 g/mol. The Morgan fingerprint density at radius 3 is 2.81 bits per heavy atom. The number of aliphatic hydroxyl groups is 1. The summed E-state index contributed by atoms with van der Waals surface area (Å²) in [5.74, 6) is -0.323. The number of aliphatic hydroxyl groups excluding tert-OH is 1. The number of carbonyl (C=O) groups excluding carboxylic acids is 1. The van der Waals surface area contributed by atoms with Crippen LogP contribution in [0.25, 0.3) is 0 Å². The maximum Gasteiger partial charge on any atom is 0.407 e. The number of rotatable bonds is 2. The summed E-state index contributed by atoms with van der Waals surface area (Å²) in [6.45, 7) is 0.386. The van der Waals surface area contributed by atoms with Crippen molar-refractivity contribution in [3.8, 4) is 0 Å². The van der Waals surface area contributed by atoms with E-state index in [0.717, 1.165) is 11.1 Å². The number of carbonyl (C=O) groups is 2. The van der Waals surface area contributed by atoms with Crippen molar-refractivity contribution in [2.45, 2.75) is 37.5 Å². The molecule has 3 N–H and O–H groups in total. The monoisotopic (exact) mass is 290 g/mol. The van der Waals surface area contributed by atoms with Crippen molar-refractivity contribution in [3.63, 3.8) is 0 Å². The first kappa shape index (κ1) is 13.9. The van der Waals surface area contributed by atoms with Gasteiger partial charge in [-0.2, -0.15) is 0 Å². The van der Waals surface area contributed by atoms with Crippen LogP contribution in [0.5, 0.6) is 0 Å². The minimum absolute atomic E-state index is 0.323. The van der Waals surface area contributed by atoms with Crippen molar-refractivity contribution in [1.82, 2.24) is 10.2 Å². The number of hydrogen-bond donors (Lipinski definition) is 3. The highest BCUT2D eigenvalue weighted by atomic mass is 16.4. The third kappa shape index (κ3) is 2.47. The van der Waals surface area contributed by atoms with Gasteiger partial charge in [-0.15, -0.1) is 0 Å². The third-order valence-electron chi connectivity index (χ3n) is 4.30. The SMILES string of the molecule is O=C(N[C@H]1c2ccccc2C[C@H]1O)[C@@H]1CCCN1C(=O)O. The zero-order chi connectivity index (χ0) is 15.0. The van der Waals surface area contributed by atoms with Crippen molar-refractivity contribution >= 4 is 12.0 Å². The summed E-state index contributed by atoms with van der Waals surface area (Å²) in [5, 5.41) is 22.0. The second kappa shape index (κ2) is 5.37. The van der Waals surface area contributed by atoms with Gasteiger partial charge < -0.3 is 15.5 Å². The number of benzene rings is 1. The zero-order valence-corrected chi connectivity index (χ0v) is 11.5. The number of nitrogens with one attached hydrogen (secondary N) is 1. The van der Waals surface area contributed by atoms with Crippen LogP contribution in [0.3, 0.4) is 0 Å². The fourth-order valence-corrected chi connectivity index (χ4v) is 3.27. The Morgan fingerprint density at radius 2 is 2.05 bits per heavy atom. The molecule has 1 saturated heterocycles. The molecule has 1 aliphatic heterocycles. The number of likely N-dealkylation sites (tertiary alicyclic amines) is 1. The van der Waals surface area contributed by atoms with Crippen molar-refractivity contribution in [1.29, 1.82) is 0 Å². The Balaban J connectivity index is 1.75. The molecule has 0 bridgehead atoms. The highest BCUT2D eigenvalue weighted by Crippen LogP contribution is 2.31. The fraction of sp³-hybridized carbons (Fsp3) is 0.467. The molecule has 1 aromatic carbocycles. The highest BCUT2D eigenvalue weighted by Gasteiger charge is 2.38. The molecule has 1 aromatic rings. The van der Waals surface area contributed by atoms with E-state index in [4.69, 9.17) is 5.11 Å². The van der Waals surface area contributed by atoms with Crippen LogP contribution in [0.2, 0.25) is 0 Å². The lowest BCUT2D eigenvalue weighted by atomic mass is 10.1. The van der Waals surface area contributed by atoms with Crippen molar-refractivity contribution in [2.75, 3.05) is 6.54 Å². The van der Waals surface area contributed by atoms with Crippen molar-refractivity contribution < 1.29 is 19.8 Å². The summed E-state index contributed by atoms with van der Waals surface area (Å²) in [6, 6.07) is 6.49. The molecule has 21 heavy (non-hydrogen) atoms. The summed E-state index contributed by atoms with van der Waals surface area (Å²) < 4.78 is 0. The van der Waals surface area contributed by atoms with Gasteiger partial charge in [0.2, 0.25) is 5.91 Å². The molecular formula is C15H18N2O4. The van der Waals surface area contributed by atoms with Gasteiger partial charge in [-0.3, -0.25) is 9.69 Å². The topological polar surface area (TPSA) is 89.9 Å². The molecule has 1 fully saturated rings. The Hall–Kier alpha value is -2.08. The largest absolute Gasteiger partial charge is 0.465 e. The molecule has 1 heterocycles.